The van der Waals surface area contributed by atoms with E-state index in [2.05, 4.69) is 11.4 Å². The van der Waals surface area contributed by atoms with Crippen molar-refractivity contribution >= 4 is 17.7 Å². The van der Waals surface area contributed by atoms with Gasteiger partial charge in [-0.05, 0) is 37.3 Å². The Labute approximate surface area is 175 Å². The molecule has 0 unspecified atom stereocenters. The third kappa shape index (κ3) is 5.13. The van der Waals surface area contributed by atoms with Crippen molar-refractivity contribution in [2.75, 3.05) is 5.32 Å². The third-order valence-corrected chi connectivity index (χ3v) is 4.41. The van der Waals surface area contributed by atoms with Gasteiger partial charge in [0, 0.05) is 16.8 Å². The molecule has 3 aromatic rings. The fourth-order valence-corrected chi connectivity index (χ4v) is 2.78. The van der Waals surface area contributed by atoms with Crippen molar-refractivity contribution in [1.29, 1.82) is 10.5 Å². The first kappa shape index (κ1) is 20.4. The van der Waals surface area contributed by atoms with Crippen LogP contribution in [-0.4, -0.2) is 5.91 Å². The van der Waals surface area contributed by atoms with E-state index in [1.165, 1.54) is 6.08 Å². The van der Waals surface area contributed by atoms with Crippen LogP contribution in [0.2, 0.25) is 0 Å². The monoisotopic (exact) mass is 393 g/mol. The second-order valence-electron chi connectivity index (χ2n) is 6.59. The summed E-state index contributed by atoms with van der Waals surface area (Å²) in [6, 6.07) is 25.8. The predicted octanol–water partition coefficient (Wildman–Crippen LogP) is 4.99. The number of anilines is 1. The zero-order valence-electron chi connectivity index (χ0n) is 16.4. The van der Waals surface area contributed by atoms with Crippen molar-refractivity contribution in [2.45, 2.75) is 13.5 Å². The van der Waals surface area contributed by atoms with E-state index in [0.29, 0.717) is 22.6 Å². The van der Waals surface area contributed by atoms with Crippen LogP contribution in [0, 0.1) is 29.6 Å². The molecule has 0 heterocycles. The van der Waals surface area contributed by atoms with Gasteiger partial charge >= 0.3 is 0 Å². The molecule has 30 heavy (non-hydrogen) atoms. The van der Waals surface area contributed by atoms with Crippen molar-refractivity contribution in [3.63, 3.8) is 0 Å². The summed E-state index contributed by atoms with van der Waals surface area (Å²) in [6.45, 7) is 2.16. The summed E-state index contributed by atoms with van der Waals surface area (Å²) in [6.07, 6.45) is 1.50. The molecule has 1 N–H and O–H groups in total. The highest BCUT2D eigenvalue weighted by molar-refractivity contribution is 6.09. The van der Waals surface area contributed by atoms with E-state index in [1.807, 2.05) is 37.3 Å². The molecule has 0 aliphatic rings. The quantitative estimate of drug-likeness (QED) is 0.472. The van der Waals surface area contributed by atoms with E-state index in [9.17, 15) is 15.3 Å². The Morgan fingerprint density at radius 2 is 1.70 bits per heavy atom. The van der Waals surface area contributed by atoms with Crippen LogP contribution in [0.1, 0.15) is 22.3 Å². The number of amides is 1. The number of hydrogen-bond donors (Lipinski definition) is 1. The van der Waals surface area contributed by atoms with Crippen LogP contribution < -0.4 is 10.1 Å². The van der Waals surface area contributed by atoms with Crippen LogP contribution in [0.15, 0.2) is 78.4 Å². The first-order valence-electron chi connectivity index (χ1n) is 9.30. The van der Waals surface area contributed by atoms with Gasteiger partial charge in [-0.25, -0.2) is 0 Å². The zero-order valence-corrected chi connectivity index (χ0v) is 16.4. The maximum absolute atomic E-state index is 12.5. The Morgan fingerprint density at radius 3 is 2.43 bits per heavy atom. The summed E-state index contributed by atoms with van der Waals surface area (Å²) >= 11 is 0. The molecule has 5 heteroatoms. The van der Waals surface area contributed by atoms with Gasteiger partial charge in [0.25, 0.3) is 5.91 Å². The number of ether oxygens (including phenoxy) is 1. The van der Waals surface area contributed by atoms with E-state index in [0.717, 1.165) is 11.1 Å². The summed E-state index contributed by atoms with van der Waals surface area (Å²) in [7, 11) is 0. The molecule has 0 bridgehead atoms. The lowest BCUT2D eigenvalue weighted by Gasteiger charge is -2.11. The minimum absolute atomic E-state index is 0.0379. The Balaban J connectivity index is 1.80. The number of carbonyl (C=O) groups is 1. The Hall–Kier alpha value is -4.35. The average molecular weight is 393 g/mol. The van der Waals surface area contributed by atoms with Gasteiger partial charge < -0.3 is 10.1 Å². The molecule has 0 saturated heterocycles. The molecule has 3 aromatic carbocycles. The number of carbonyl (C=O) groups excluding carboxylic acids is 1. The molecule has 0 aliphatic heterocycles. The standard InChI is InChI=1S/C25H19N3O2/c1-18-10-12-23(13-11-18)28-25(29)22(16-27)14-19-6-4-5-9-24(19)30-17-21-8-3-2-7-20(21)15-26/h2-14H,17H2,1H3,(H,28,29)/b22-14+. The van der Waals surface area contributed by atoms with Crippen LogP contribution in [0.3, 0.4) is 0 Å². The molecule has 0 aromatic heterocycles. The average Bonchev–Trinajstić information content (AvgIpc) is 2.78. The van der Waals surface area contributed by atoms with Crippen LogP contribution >= 0.6 is 0 Å². The maximum atomic E-state index is 12.5. The summed E-state index contributed by atoms with van der Waals surface area (Å²) in [5, 5.41) is 21.4. The Morgan fingerprint density at radius 1 is 1.00 bits per heavy atom. The predicted molar refractivity (Wildman–Crippen MR) is 115 cm³/mol. The number of hydrogen-bond acceptors (Lipinski definition) is 4. The maximum Gasteiger partial charge on any atom is 0.266 e. The second kappa shape index (κ2) is 9.73. The molecule has 0 fully saturated rings. The van der Waals surface area contributed by atoms with E-state index >= 15 is 0 Å². The molecule has 0 radical (unpaired) electrons. The van der Waals surface area contributed by atoms with Gasteiger partial charge in [0.1, 0.15) is 24.0 Å². The van der Waals surface area contributed by atoms with Gasteiger partial charge in [-0.1, -0.05) is 54.1 Å². The highest BCUT2D eigenvalue weighted by atomic mass is 16.5. The number of nitriles is 2. The van der Waals surface area contributed by atoms with Crippen LogP contribution in [0.25, 0.3) is 6.08 Å². The van der Waals surface area contributed by atoms with Gasteiger partial charge in [-0.15, -0.1) is 0 Å². The topological polar surface area (TPSA) is 85.9 Å². The van der Waals surface area contributed by atoms with Crippen LogP contribution in [0.5, 0.6) is 5.75 Å². The summed E-state index contributed by atoms with van der Waals surface area (Å²) in [4.78, 5) is 12.5. The number of nitrogens with one attached hydrogen (secondary N) is 1. The molecule has 3 rings (SSSR count). The minimum Gasteiger partial charge on any atom is -0.488 e. The lowest BCUT2D eigenvalue weighted by atomic mass is 10.1. The number of para-hydroxylation sites is 1. The first-order valence-corrected chi connectivity index (χ1v) is 9.30. The van der Waals surface area contributed by atoms with Gasteiger partial charge in [-0.3, -0.25) is 4.79 Å². The van der Waals surface area contributed by atoms with E-state index in [4.69, 9.17) is 4.74 Å². The molecule has 1 amide bonds. The number of rotatable bonds is 6. The first-order chi connectivity index (χ1) is 14.6. The van der Waals surface area contributed by atoms with E-state index in [-0.39, 0.29) is 12.2 Å². The molecule has 5 nitrogen and oxygen atoms in total. The lowest BCUT2D eigenvalue weighted by Crippen LogP contribution is -2.13. The van der Waals surface area contributed by atoms with Gasteiger partial charge in [0.15, 0.2) is 0 Å². The smallest absolute Gasteiger partial charge is 0.266 e. The number of benzene rings is 3. The largest absolute Gasteiger partial charge is 0.488 e. The molecule has 0 saturated carbocycles. The summed E-state index contributed by atoms with van der Waals surface area (Å²) in [5.74, 6) is 0.0205. The van der Waals surface area contributed by atoms with E-state index < -0.39 is 5.91 Å². The normalized spacial score (nSPS) is 10.6. The fraction of sp³-hybridized carbons (Fsp3) is 0.0800. The summed E-state index contributed by atoms with van der Waals surface area (Å²) in [5.41, 5.74) is 3.56. The molecule has 0 atom stereocenters. The fourth-order valence-electron chi connectivity index (χ4n) is 2.78. The molecular weight excluding hydrogens is 374 g/mol. The highest BCUT2D eigenvalue weighted by Crippen LogP contribution is 2.23. The third-order valence-electron chi connectivity index (χ3n) is 4.41. The zero-order chi connectivity index (χ0) is 21.3. The lowest BCUT2D eigenvalue weighted by molar-refractivity contribution is -0.112. The second-order valence-corrected chi connectivity index (χ2v) is 6.59. The van der Waals surface area contributed by atoms with Crippen LogP contribution in [-0.2, 0) is 11.4 Å². The Kier molecular flexibility index (Phi) is 6.61. The van der Waals surface area contributed by atoms with Crippen LogP contribution in [0.4, 0.5) is 5.69 Å². The molecule has 0 aliphatic carbocycles. The van der Waals surface area contributed by atoms with Gasteiger partial charge in [0.2, 0.25) is 0 Å². The highest BCUT2D eigenvalue weighted by Gasteiger charge is 2.12. The SMILES string of the molecule is Cc1ccc(NC(=O)/C(C#N)=C/c2ccccc2OCc2ccccc2C#N)cc1. The van der Waals surface area contributed by atoms with Crippen molar-refractivity contribution in [2.24, 2.45) is 0 Å². The number of aryl methyl sites for hydroxylation is 1. The number of nitrogens with zero attached hydrogens (tertiary/aromatic N) is 2. The van der Waals surface area contributed by atoms with Crippen molar-refractivity contribution in [3.05, 3.63) is 101 Å². The molecule has 0 spiro atoms. The molecular formula is C25H19N3O2. The van der Waals surface area contributed by atoms with Crippen molar-refractivity contribution in [3.8, 4) is 17.9 Å². The van der Waals surface area contributed by atoms with Crippen molar-refractivity contribution in [1.82, 2.24) is 0 Å². The Bertz CT molecular complexity index is 1170. The van der Waals surface area contributed by atoms with E-state index in [1.54, 1.807) is 48.5 Å². The molecule has 146 valence electrons. The minimum atomic E-state index is -0.494. The van der Waals surface area contributed by atoms with Gasteiger partial charge in [0.05, 0.1) is 11.6 Å². The summed E-state index contributed by atoms with van der Waals surface area (Å²) < 4.78 is 5.89. The van der Waals surface area contributed by atoms with Gasteiger partial charge in [-0.2, -0.15) is 10.5 Å². The van der Waals surface area contributed by atoms with Crippen molar-refractivity contribution < 1.29 is 9.53 Å².